The molecule has 7 heteroatoms. The van der Waals surface area contributed by atoms with Gasteiger partial charge in [0.05, 0.1) is 17.4 Å². The molecule has 1 fully saturated rings. The molecule has 1 saturated heterocycles. The third-order valence-corrected chi connectivity index (χ3v) is 7.75. The fraction of sp³-hybridized carbons (Fsp3) is 0.433. The lowest BCUT2D eigenvalue weighted by atomic mass is 10.1. The van der Waals surface area contributed by atoms with Gasteiger partial charge in [0.15, 0.2) is 0 Å². The maximum atomic E-state index is 13.7. The zero-order chi connectivity index (χ0) is 25.8. The number of phenolic OH excluding ortho intramolecular Hbond substituents is 1. The van der Waals surface area contributed by atoms with E-state index in [0.717, 1.165) is 81.2 Å². The Morgan fingerprint density at radius 2 is 1.68 bits per heavy atom. The molecule has 2 aliphatic rings. The SMILES string of the molecule is COC1CCN(CCCN2CCN(c3ccc(O)cc3)CC2)C(=O)c2c(C)cn(Cc3ccccc3)c21. The standard InChI is InChI=1S/C30H38N4O3/c1-23-21-34(22-24-7-4-3-5-8-24)29-27(37-2)13-16-33(30(36)28(23)29)15-6-14-31-17-19-32(20-18-31)25-9-11-26(35)12-10-25/h3-5,7-12,21,27,35H,6,13-20,22H2,1-2H3. The highest BCUT2D eigenvalue weighted by atomic mass is 16.5. The maximum absolute atomic E-state index is 13.7. The third-order valence-electron chi connectivity index (χ3n) is 7.75. The van der Waals surface area contributed by atoms with Gasteiger partial charge in [0.2, 0.25) is 0 Å². The second-order valence-corrected chi connectivity index (χ2v) is 10.2. The van der Waals surface area contributed by atoms with Crippen LogP contribution in [-0.4, -0.2) is 78.3 Å². The molecule has 5 rings (SSSR count). The molecule has 0 saturated carbocycles. The van der Waals surface area contributed by atoms with E-state index >= 15 is 0 Å². The fourth-order valence-corrected chi connectivity index (χ4v) is 5.74. The molecule has 3 heterocycles. The number of fused-ring (bicyclic) bond motifs is 1. The Kier molecular flexibility index (Phi) is 7.82. The number of aromatic hydroxyl groups is 1. The van der Waals surface area contributed by atoms with Crippen molar-refractivity contribution >= 4 is 11.6 Å². The number of nitrogens with zero attached hydrogens (tertiary/aromatic N) is 4. The van der Waals surface area contributed by atoms with E-state index in [0.29, 0.717) is 12.3 Å². The Balaban J connectivity index is 1.19. The molecule has 0 spiro atoms. The zero-order valence-corrected chi connectivity index (χ0v) is 22.0. The predicted octanol–water partition coefficient (Wildman–Crippen LogP) is 4.30. The minimum absolute atomic E-state index is 0.0886. The lowest BCUT2D eigenvalue weighted by Gasteiger charge is -2.36. The van der Waals surface area contributed by atoms with E-state index in [-0.39, 0.29) is 12.0 Å². The monoisotopic (exact) mass is 502 g/mol. The van der Waals surface area contributed by atoms with Crippen molar-refractivity contribution in [1.82, 2.24) is 14.4 Å². The molecule has 1 amide bonds. The summed E-state index contributed by atoms with van der Waals surface area (Å²) in [5, 5.41) is 9.53. The second-order valence-electron chi connectivity index (χ2n) is 10.2. The number of amides is 1. The van der Waals surface area contributed by atoms with Crippen LogP contribution >= 0.6 is 0 Å². The number of benzene rings is 2. The highest BCUT2D eigenvalue weighted by Gasteiger charge is 2.33. The Morgan fingerprint density at radius 3 is 2.38 bits per heavy atom. The molecular weight excluding hydrogens is 464 g/mol. The summed E-state index contributed by atoms with van der Waals surface area (Å²) >= 11 is 0. The smallest absolute Gasteiger partial charge is 0.256 e. The van der Waals surface area contributed by atoms with Gasteiger partial charge >= 0.3 is 0 Å². The van der Waals surface area contributed by atoms with Crippen LogP contribution in [0.3, 0.4) is 0 Å². The minimum Gasteiger partial charge on any atom is -0.508 e. The number of phenols is 1. The lowest BCUT2D eigenvalue weighted by molar-refractivity contribution is 0.0687. The molecule has 3 aromatic rings. The quantitative estimate of drug-likeness (QED) is 0.498. The van der Waals surface area contributed by atoms with Crippen LogP contribution in [0.2, 0.25) is 0 Å². The number of aryl methyl sites for hydroxylation is 1. The predicted molar refractivity (Wildman–Crippen MR) is 146 cm³/mol. The highest BCUT2D eigenvalue weighted by Crippen LogP contribution is 2.33. The number of rotatable bonds is 8. The molecule has 37 heavy (non-hydrogen) atoms. The van der Waals surface area contributed by atoms with Crippen molar-refractivity contribution in [3.8, 4) is 5.75 Å². The average molecular weight is 503 g/mol. The first-order valence-electron chi connectivity index (χ1n) is 13.4. The van der Waals surface area contributed by atoms with E-state index in [1.165, 1.54) is 5.56 Å². The van der Waals surface area contributed by atoms with Crippen LogP contribution in [0, 0.1) is 6.92 Å². The number of hydrogen-bond acceptors (Lipinski definition) is 5. The summed E-state index contributed by atoms with van der Waals surface area (Å²) in [5.41, 5.74) is 5.24. The van der Waals surface area contributed by atoms with Crippen molar-refractivity contribution in [3.05, 3.63) is 83.2 Å². The summed E-state index contributed by atoms with van der Waals surface area (Å²) in [6.45, 7) is 9.20. The van der Waals surface area contributed by atoms with Gasteiger partial charge in [0.25, 0.3) is 5.91 Å². The number of anilines is 1. The molecule has 1 aromatic heterocycles. The summed E-state index contributed by atoms with van der Waals surface area (Å²) in [7, 11) is 1.75. The van der Waals surface area contributed by atoms with E-state index in [4.69, 9.17) is 4.74 Å². The van der Waals surface area contributed by atoms with Gasteiger partial charge in [-0.2, -0.15) is 0 Å². The van der Waals surface area contributed by atoms with Gasteiger partial charge in [-0.3, -0.25) is 9.69 Å². The van der Waals surface area contributed by atoms with Crippen molar-refractivity contribution in [3.63, 3.8) is 0 Å². The third kappa shape index (κ3) is 5.68. The van der Waals surface area contributed by atoms with Crippen LogP contribution in [0.15, 0.2) is 60.8 Å². The lowest BCUT2D eigenvalue weighted by Crippen LogP contribution is -2.47. The van der Waals surface area contributed by atoms with E-state index < -0.39 is 0 Å². The van der Waals surface area contributed by atoms with E-state index in [2.05, 4.69) is 44.8 Å². The van der Waals surface area contributed by atoms with Crippen LogP contribution in [0.4, 0.5) is 5.69 Å². The average Bonchev–Trinajstić information content (AvgIpc) is 3.16. The van der Waals surface area contributed by atoms with E-state index in [9.17, 15) is 9.90 Å². The zero-order valence-electron chi connectivity index (χ0n) is 22.0. The normalized spacial score (nSPS) is 18.6. The van der Waals surface area contributed by atoms with Crippen LogP contribution in [0.1, 0.15) is 46.1 Å². The summed E-state index contributed by atoms with van der Waals surface area (Å²) < 4.78 is 8.12. The number of ether oxygens (including phenoxy) is 1. The summed E-state index contributed by atoms with van der Waals surface area (Å²) in [6, 6.07) is 17.8. The van der Waals surface area contributed by atoms with Crippen molar-refractivity contribution in [1.29, 1.82) is 0 Å². The van der Waals surface area contributed by atoms with Crippen molar-refractivity contribution < 1.29 is 14.6 Å². The van der Waals surface area contributed by atoms with Gasteiger partial charge in [0.1, 0.15) is 5.75 Å². The van der Waals surface area contributed by atoms with E-state index in [1.54, 1.807) is 19.2 Å². The van der Waals surface area contributed by atoms with Crippen LogP contribution < -0.4 is 4.90 Å². The van der Waals surface area contributed by atoms with Crippen molar-refractivity contribution in [2.24, 2.45) is 0 Å². The fourth-order valence-electron chi connectivity index (χ4n) is 5.74. The first kappa shape index (κ1) is 25.4. The summed E-state index contributed by atoms with van der Waals surface area (Å²) in [6.07, 6.45) is 3.79. The maximum Gasteiger partial charge on any atom is 0.256 e. The number of carbonyl (C=O) groups excluding carboxylic acids is 1. The Labute approximate surface area is 219 Å². The van der Waals surface area contributed by atoms with E-state index in [1.807, 2.05) is 30.0 Å². The van der Waals surface area contributed by atoms with Gasteiger partial charge in [-0.25, -0.2) is 0 Å². The van der Waals surface area contributed by atoms with Gasteiger partial charge in [0, 0.05) is 64.8 Å². The molecular formula is C30H38N4O3. The molecule has 0 aliphatic carbocycles. The minimum atomic E-state index is -0.0886. The molecule has 1 N–H and O–H groups in total. The molecule has 196 valence electrons. The van der Waals surface area contributed by atoms with Gasteiger partial charge in [-0.05, 0) is 61.7 Å². The number of piperazine rings is 1. The van der Waals surface area contributed by atoms with Gasteiger partial charge in [-0.1, -0.05) is 30.3 Å². The molecule has 1 atom stereocenters. The molecule has 0 bridgehead atoms. The number of methoxy groups -OCH3 is 1. The molecule has 1 unspecified atom stereocenters. The largest absolute Gasteiger partial charge is 0.508 e. The van der Waals surface area contributed by atoms with Crippen molar-refractivity contribution in [2.45, 2.75) is 32.4 Å². The Hall–Kier alpha value is -3.29. The topological polar surface area (TPSA) is 61.2 Å². The van der Waals surface area contributed by atoms with Crippen LogP contribution in [0.25, 0.3) is 0 Å². The van der Waals surface area contributed by atoms with Crippen LogP contribution in [0.5, 0.6) is 5.75 Å². The number of hydrogen-bond donors (Lipinski definition) is 1. The first-order chi connectivity index (χ1) is 18.0. The molecule has 2 aliphatic heterocycles. The van der Waals surface area contributed by atoms with Crippen LogP contribution in [-0.2, 0) is 11.3 Å². The Morgan fingerprint density at radius 1 is 0.946 bits per heavy atom. The molecule has 2 aromatic carbocycles. The van der Waals surface area contributed by atoms with Gasteiger partial charge < -0.3 is 24.2 Å². The Bertz CT molecular complexity index is 1180. The van der Waals surface area contributed by atoms with Gasteiger partial charge in [-0.15, -0.1) is 0 Å². The molecule has 7 nitrogen and oxygen atoms in total. The summed E-state index contributed by atoms with van der Waals surface area (Å²) in [5.74, 6) is 0.438. The van der Waals surface area contributed by atoms with Crippen molar-refractivity contribution in [2.75, 3.05) is 57.8 Å². The first-order valence-corrected chi connectivity index (χ1v) is 13.4. The highest BCUT2D eigenvalue weighted by molar-refractivity contribution is 5.97. The number of aromatic nitrogens is 1. The number of carbonyl (C=O) groups is 1. The summed E-state index contributed by atoms with van der Waals surface area (Å²) in [4.78, 5) is 20.6. The molecule has 0 radical (unpaired) electrons. The second kappa shape index (κ2) is 11.4.